The number of halogens is 3. The molecule has 2 fully saturated rings. The summed E-state index contributed by atoms with van der Waals surface area (Å²) in [5.74, 6) is -3.84. The van der Waals surface area contributed by atoms with E-state index in [1.807, 2.05) is 0 Å². The van der Waals surface area contributed by atoms with Gasteiger partial charge in [0.2, 0.25) is 0 Å². The first kappa shape index (κ1) is 12.9. The molecule has 1 aromatic carbocycles. The Kier molecular flexibility index (Phi) is 3.06. The fraction of sp³-hybridized carbons (Fsp3) is 0.571. The Morgan fingerprint density at radius 3 is 2.37 bits per heavy atom. The molecular formula is C14H16F3NO. The van der Waals surface area contributed by atoms with Gasteiger partial charge in [-0.15, -0.1) is 0 Å². The molecule has 2 nitrogen and oxygen atoms in total. The van der Waals surface area contributed by atoms with Gasteiger partial charge in [-0.25, -0.2) is 13.2 Å². The van der Waals surface area contributed by atoms with Crippen LogP contribution in [0.4, 0.5) is 13.2 Å². The molecule has 2 heterocycles. The average molecular weight is 271 g/mol. The van der Waals surface area contributed by atoms with Gasteiger partial charge in [-0.05, 0) is 37.3 Å². The maximum Gasteiger partial charge on any atom is 0.194 e. The van der Waals surface area contributed by atoms with Crippen LogP contribution in [0.25, 0.3) is 0 Å². The lowest BCUT2D eigenvalue weighted by Gasteiger charge is -2.37. The summed E-state index contributed by atoms with van der Waals surface area (Å²) in [5, 5.41) is 13.9. The summed E-state index contributed by atoms with van der Waals surface area (Å²) >= 11 is 0. The van der Waals surface area contributed by atoms with Crippen LogP contribution in [-0.2, 0) is 6.42 Å². The third kappa shape index (κ3) is 2.37. The Bertz CT molecular complexity index is 494. The topological polar surface area (TPSA) is 32.3 Å². The van der Waals surface area contributed by atoms with Crippen LogP contribution in [0.2, 0.25) is 0 Å². The summed E-state index contributed by atoms with van der Waals surface area (Å²) in [5.41, 5.74) is -0.981. The second-order valence-corrected chi connectivity index (χ2v) is 5.78. The van der Waals surface area contributed by atoms with E-state index in [4.69, 9.17) is 0 Å². The molecule has 0 aliphatic carbocycles. The number of aliphatic hydroxyl groups is 1. The van der Waals surface area contributed by atoms with Crippen LogP contribution >= 0.6 is 0 Å². The molecule has 5 heteroatoms. The number of nitrogens with one attached hydrogen (secondary N) is 1. The number of hydrogen-bond acceptors (Lipinski definition) is 2. The average Bonchev–Trinajstić information content (AvgIpc) is 2.70. The fourth-order valence-electron chi connectivity index (χ4n) is 3.43. The second-order valence-electron chi connectivity index (χ2n) is 5.78. The first-order valence-corrected chi connectivity index (χ1v) is 6.58. The minimum atomic E-state index is -1.46. The third-order valence-corrected chi connectivity index (χ3v) is 4.22. The molecule has 3 rings (SSSR count). The van der Waals surface area contributed by atoms with E-state index in [1.54, 1.807) is 0 Å². The van der Waals surface area contributed by atoms with Gasteiger partial charge in [0.1, 0.15) is 0 Å². The summed E-state index contributed by atoms with van der Waals surface area (Å²) in [6.45, 7) is 0. The Hall–Kier alpha value is -1.07. The SMILES string of the molecule is OC1(Cc2ccc(F)c(F)c2F)CC2CCC(C1)N2. The van der Waals surface area contributed by atoms with Crippen LogP contribution < -0.4 is 5.32 Å². The summed E-state index contributed by atoms with van der Waals surface area (Å²) in [6.07, 6.45) is 3.11. The van der Waals surface area contributed by atoms with Crippen molar-refractivity contribution in [2.45, 2.75) is 49.8 Å². The van der Waals surface area contributed by atoms with E-state index >= 15 is 0 Å². The van der Waals surface area contributed by atoms with E-state index in [9.17, 15) is 18.3 Å². The molecule has 19 heavy (non-hydrogen) atoms. The third-order valence-electron chi connectivity index (χ3n) is 4.22. The van der Waals surface area contributed by atoms with Crippen molar-refractivity contribution < 1.29 is 18.3 Å². The largest absolute Gasteiger partial charge is 0.389 e. The number of rotatable bonds is 2. The summed E-state index contributed by atoms with van der Waals surface area (Å²) in [6, 6.07) is 2.62. The molecule has 2 aliphatic heterocycles. The number of fused-ring (bicyclic) bond motifs is 2. The molecule has 0 spiro atoms. The van der Waals surface area contributed by atoms with Crippen molar-refractivity contribution >= 4 is 0 Å². The van der Waals surface area contributed by atoms with E-state index in [0.717, 1.165) is 18.9 Å². The van der Waals surface area contributed by atoms with Crippen molar-refractivity contribution in [1.82, 2.24) is 5.32 Å². The van der Waals surface area contributed by atoms with E-state index in [2.05, 4.69) is 5.32 Å². The van der Waals surface area contributed by atoms with Gasteiger partial charge < -0.3 is 10.4 Å². The van der Waals surface area contributed by atoms with Crippen LogP contribution in [0.1, 0.15) is 31.2 Å². The lowest BCUT2D eigenvalue weighted by atomic mass is 9.82. The van der Waals surface area contributed by atoms with Crippen molar-refractivity contribution in [2.24, 2.45) is 0 Å². The van der Waals surface area contributed by atoms with Gasteiger partial charge in [0.25, 0.3) is 0 Å². The summed E-state index contributed by atoms with van der Waals surface area (Å²) in [7, 11) is 0. The minimum absolute atomic E-state index is 0.0325. The number of hydrogen-bond donors (Lipinski definition) is 2. The fourth-order valence-corrected chi connectivity index (χ4v) is 3.43. The van der Waals surface area contributed by atoms with Gasteiger partial charge >= 0.3 is 0 Å². The minimum Gasteiger partial charge on any atom is -0.389 e. The van der Waals surface area contributed by atoms with Gasteiger partial charge in [-0.3, -0.25) is 0 Å². The molecule has 104 valence electrons. The zero-order valence-electron chi connectivity index (χ0n) is 10.4. The van der Waals surface area contributed by atoms with Crippen LogP contribution in [-0.4, -0.2) is 22.8 Å². The van der Waals surface area contributed by atoms with Crippen LogP contribution in [0.5, 0.6) is 0 Å². The second kappa shape index (κ2) is 4.49. The zero-order chi connectivity index (χ0) is 13.6. The lowest BCUT2D eigenvalue weighted by molar-refractivity contribution is -0.00686. The van der Waals surface area contributed by atoms with Crippen molar-refractivity contribution in [2.75, 3.05) is 0 Å². The van der Waals surface area contributed by atoms with Gasteiger partial charge in [0.05, 0.1) is 5.60 Å². The van der Waals surface area contributed by atoms with Crippen molar-refractivity contribution in [3.8, 4) is 0 Å². The first-order valence-electron chi connectivity index (χ1n) is 6.58. The number of piperidine rings is 1. The Morgan fingerprint density at radius 2 is 1.74 bits per heavy atom. The quantitative estimate of drug-likeness (QED) is 0.809. The summed E-state index contributed by atoms with van der Waals surface area (Å²) < 4.78 is 39.7. The van der Waals surface area contributed by atoms with Gasteiger partial charge in [-0.1, -0.05) is 6.07 Å². The van der Waals surface area contributed by atoms with E-state index < -0.39 is 23.1 Å². The highest BCUT2D eigenvalue weighted by molar-refractivity contribution is 5.23. The molecule has 0 aromatic heterocycles. The molecule has 0 amide bonds. The van der Waals surface area contributed by atoms with Gasteiger partial charge in [0, 0.05) is 18.5 Å². The Balaban J connectivity index is 1.83. The van der Waals surface area contributed by atoms with Crippen LogP contribution in [0.3, 0.4) is 0 Å². The Morgan fingerprint density at radius 1 is 1.11 bits per heavy atom. The molecule has 1 aromatic rings. The van der Waals surface area contributed by atoms with Gasteiger partial charge in [-0.2, -0.15) is 0 Å². The predicted molar refractivity (Wildman–Crippen MR) is 64.1 cm³/mol. The highest BCUT2D eigenvalue weighted by Gasteiger charge is 2.42. The van der Waals surface area contributed by atoms with E-state index in [-0.39, 0.29) is 24.1 Å². The molecule has 2 bridgehead atoms. The first-order chi connectivity index (χ1) is 8.97. The molecule has 2 aliphatic rings. The van der Waals surface area contributed by atoms with Crippen molar-refractivity contribution in [3.63, 3.8) is 0 Å². The maximum absolute atomic E-state index is 13.7. The van der Waals surface area contributed by atoms with E-state index in [0.29, 0.717) is 12.8 Å². The monoisotopic (exact) mass is 271 g/mol. The highest BCUT2D eigenvalue weighted by atomic mass is 19.2. The normalized spacial score (nSPS) is 33.7. The molecular weight excluding hydrogens is 255 g/mol. The maximum atomic E-state index is 13.7. The van der Waals surface area contributed by atoms with Crippen molar-refractivity contribution in [1.29, 1.82) is 0 Å². The Labute approximate surface area is 109 Å². The van der Waals surface area contributed by atoms with Gasteiger partial charge in [0.15, 0.2) is 17.5 Å². The molecule has 0 saturated carbocycles. The van der Waals surface area contributed by atoms with E-state index in [1.165, 1.54) is 6.07 Å². The summed E-state index contributed by atoms with van der Waals surface area (Å²) in [4.78, 5) is 0. The predicted octanol–water partition coefficient (Wildman–Crippen LogP) is 2.29. The zero-order valence-corrected chi connectivity index (χ0v) is 10.4. The molecule has 2 unspecified atom stereocenters. The molecule has 2 atom stereocenters. The molecule has 0 radical (unpaired) electrons. The molecule has 2 N–H and O–H groups in total. The number of benzene rings is 1. The lowest BCUT2D eigenvalue weighted by Crippen LogP contribution is -2.49. The standard InChI is InChI=1S/C14H16F3NO/c15-11-4-1-8(12(16)13(11)17)5-14(19)6-9-2-3-10(7-14)18-9/h1,4,9-10,18-19H,2-3,5-7H2. The molecule has 2 saturated heterocycles. The smallest absolute Gasteiger partial charge is 0.194 e. The van der Waals surface area contributed by atoms with Crippen LogP contribution in [0, 0.1) is 17.5 Å². The van der Waals surface area contributed by atoms with Crippen LogP contribution in [0.15, 0.2) is 12.1 Å². The van der Waals surface area contributed by atoms with Crippen molar-refractivity contribution in [3.05, 3.63) is 35.1 Å². The highest BCUT2D eigenvalue weighted by Crippen LogP contribution is 2.36.